The molecule has 4 heterocycles. The van der Waals surface area contributed by atoms with Crippen LogP contribution in [0.1, 0.15) is 0 Å². The van der Waals surface area contributed by atoms with Crippen molar-refractivity contribution in [2.75, 3.05) is 21.3 Å². The highest BCUT2D eigenvalue weighted by atomic mass is 15.3. The van der Waals surface area contributed by atoms with Crippen molar-refractivity contribution in [3.05, 3.63) is 146 Å². The number of hydrogen-bond acceptors (Lipinski definition) is 4. The van der Waals surface area contributed by atoms with Crippen LogP contribution in [0.4, 0.5) is 22.7 Å². The van der Waals surface area contributed by atoms with E-state index in [4.69, 9.17) is 0 Å². The summed E-state index contributed by atoms with van der Waals surface area (Å²) >= 11 is 0. The normalized spacial score (nSPS) is 14.3. The highest BCUT2D eigenvalue weighted by molar-refractivity contribution is 6.92. The molecule has 9 rings (SSSR count). The highest BCUT2D eigenvalue weighted by Gasteiger charge is 2.42. The Morgan fingerprint density at radius 1 is 0.548 bits per heavy atom. The van der Waals surface area contributed by atoms with Crippen LogP contribution in [0, 0.1) is 0 Å². The van der Waals surface area contributed by atoms with Gasteiger partial charge >= 0.3 is 6.85 Å². The summed E-state index contributed by atoms with van der Waals surface area (Å²) in [7, 11) is 0. The molecule has 0 amide bonds. The van der Waals surface area contributed by atoms with Crippen LogP contribution >= 0.6 is 0 Å². The number of benzene rings is 5. The topological polar surface area (TPSA) is 27.5 Å². The van der Waals surface area contributed by atoms with Crippen molar-refractivity contribution in [2.45, 2.75) is 0 Å². The average Bonchev–Trinajstić information content (AvgIpc) is 3.78. The molecule has 5 nitrogen and oxygen atoms in total. The highest BCUT2D eigenvalue weighted by Crippen LogP contribution is 2.47. The molecule has 0 radical (unpaired) electrons. The fourth-order valence-electron chi connectivity index (χ4n) is 6.83. The van der Waals surface area contributed by atoms with Gasteiger partial charge in [-0.1, -0.05) is 78.9 Å². The van der Waals surface area contributed by atoms with Crippen LogP contribution in [0.5, 0.6) is 0 Å². The van der Waals surface area contributed by atoms with Crippen LogP contribution in [-0.4, -0.2) is 23.1 Å². The summed E-state index contributed by atoms with van der Waals surface area (Å²) in [5, 5.41) is 0. The van der Waals surface area contributed by atoms with Crippen molar-refractivity contribution in [3.63, 3.8) is 0 Å². The number of aromatic nitrogens is 2. The van der Waals surface area contributed by atoms with Gasteiger partial charge in [0, 0.05) is 64.4 Å². The number of imidazole rings is 1. The van der Waals surface area contributed by atoms with Crippen molar-refractivity contribution in [2.24, 2.45) is 0 Å². The molecule has 0 aliphatic carbocycles. The molecule has 5 aromatic carbocycles. The summed E-state index contributed by atoms with van der Waals surface area (Å²) in [5.74, 6) is 0. The minimum absolute atomic E-state index is 0.0700. The lowest BCUT2D eigenvalue weighted by Gasteiger charge is -2.43. The first-order chi connectivity index (χ1) is 20.8. The zero-order valence-electron chi connectivity index (χ0n) is 22.9. The second kappa shape index (κ2) is 9.01. The zero-order chi connectivity index (χ0) is 27.6. The summed E-state index contributed by atoms with van der Waals surface area (Å²) in [4.78, 5) is 11.5. The maximum absolute atomic E-state index is 4.31. The van der Waals surface area contributed by atoms with Crippen LogP contribution in [0.2, 0.25) is 0 Å². The lowest BCUT2D eigenvalue weighted by Crippen LogP contribution is -2.59. The molecule has 6 aromatic rings. The summed E-state index contributed by atoms with van der Waals surface area (Å²) in [6.07, 6.45) is 10.0. The Hall–Kier alpha value is -5.49. The first kappa shape index (κ1) is 23.2. The fourth-order valence-corrected chi connectivity index (χ4v) is 6.83. The lowest BCUT2D eigenvalue weighted by molar-refractivity contribution is 0.975. The smallest absolute Gasteiger partial charge is 0.329 e. The van der Waals surface area contributed by atoms with Gasteiger partial charge in [-0.3, -0.25) is 0 Å². The fraction of sp³-hybridized carbons (Fsp3) is 0.0278. The molecular formula is C36H26BN5. The molecule has 0 spiro atoms. The van der Waals surface area contributed by atoms with Gasteiger partial charge in [0.1, 0.15) is 0 Å². The molecule has 198 valence electrons. The third-order valence-corrected chi connectivity index (χ3v) is 8.78. The molecule has 3 aliphatic heterocycles. The Bertz CT molecular complexity index is 2000. The number of hydrogen-bond donors (Lipinski definition) is 0. The molecule has 1 aromatic heterocycles. The first-order valence-electron chi connectivity index (χ1n) is 14.3. The van der Waals surface area contributed by atoms with Crippen molar-refractivity contribution < 1.29 is 0 Å². The van der Waals surface area contributed by atoms with E-state index in [1.54, 1.807) is 0 Å². The van der Waals surface area contributed by atoms with Gasteiger partial charge in [-0.2, -0.15) is 0 Å². The number of para-hydroxylation sites is 1. The van der Waals surface area contributed by atoms with E-state index < -0.39 is 0 Å². The van der Waals surface area contributed by atoms with Gasteiger partial charge in [0.15, 0.2) is 0 Å². The summed E-state index contributed by atoms with van der Waals surface area (Å²) in [5.41, 5.74) is 13.7. The molecule has 3 aliphatic rings. The van der Waals surface area contributed by atoms with E-state index in [2.05, 4.69) is 152 Å². The van der Waals surface area contributed by atoms with Gasteiger partial charge in [0.25, 0.3) is 0 Å². The maximum atomic E-state index is 4.31. The van der Waals surface area contributed by atoms with Gasteiger partial charge in [-0.15, -0.1) is 0 Å². The van der Waals surface area contributed by atoms with Gasteiger partial charge < -0.3 is 19.2 Å². The van der Waals surface area contributed by atoms with Gasteiger partial charge in [-0.25, -0.2) is 4.98 Å². The number of rotatable bonds is 3. The Kier molecular flexibility index (Phi) is 4.99. The second-order valence-corrected chi connectivity index (χ2v) is 11.0. The van der Waals surface area contributed by atoms with Crippen LogP contribution in [0.25, 0.3) is 27.9 Å². The van der Waals surface area contributed by atoms with Crippen molar-refractivity contribution in [1.29, 1.82) is 0 Å². The quantitative estimate of drug-likeness (QED) is 0.239. The van der Waals surface area contributed by atoms with Crippen LogP contribution in [0.3, 0.4) is 0 Å². The number of fused-ring (bicyclic) bond motifs is 11. The molecule has 0 unspecified atom stereocenters. The largest absolute Gasteiger partial charge is 0.376 e. The molecule has 0 atom stereocenters. The summed E-state index contributed by atoms with van der Waals surface area (Å²) in [6, 6.07) is 42.1. The van der Waals surface area contributed by atoms with Crippen molar-refractivity contribution in [1.82, 2.24) is 9.55 Å². The third kappa shape index (κ3) is 3.42. The van der Waals surface area contributed by atoms with Crippen LogP contribution < -0.4 is 25.5 Å². The second-order valence-electron chi connectivity index (χ2n) is 11.0. The van der Waals surface area contributed by atoms with E-state index in [0.29, 0.717) is 0 Å². The number of anilines is 4. The molecular weight excluding hydrogens is 513 g/mol. The first-order valence-corrected chi connectivity index (χ1v) is 14.3. The van der Waals surface area contributed by atoms with E-state index in [9.17, 15) is 0 Å². The van der Waals surface area contributed by atoms with E-state index in [0.717, 1.165) is 12.4 Å². The van der Waals surface area contributed by atoms with E-state index >= 15 is 0 Å². The van der Waals surface area contributed by atoms with E-state index in [1.807, 2.05) is 18.7 Å². The maximum Gasteiger partial charge on any atom is 0.329 e. The Balaban J connectivity index is 1.24. The van der Waals surface area contributed by atoms with E-state index in [-0.39, 0.29) is 6.85 Å². The standard InChI is InChI=1S/C36H26BN5/c1-2-8-26(9-3-1)40-20-21-41(25-40)28-15-17-32-30-11-5-7-13-34(30)37-33-12-6-4-10-29(33)31-16-14-27(39-19-18-38-24-39)22-35(31)42(37)36(32)23-28/h1-24H,25H2. The van der Waals surface area contributed by atoms with Crippen molar-refractivity contribution in [3.8, 4) is 27.9 Å². The SMILES string of the molecule is C1=CN(c2ccc3c(c2)N2B(c4ccccc4-3)c3ccccc3-c3ccc(-n4ccnc4)cc32)CN1c1ccccc1. The summed E-state index contributed by atoms with van der Waals surface area (Å²) in [6.45, 7) is 0.841. The van der Waals surface area contributed by atoms with Crippen molar-refractivity contribution >= 4 is 40.5 Å². The third-order valence-electron chi connectivity index (χ3n) is 8.78. The molecule has 0 N–H and O–H groups in total. The van der Waals surface area contributed by atoms with Crippen LogP contribution in [-0.2, 0) is 0 Å². The molecule has 6 heteroatoms. The monoisotopic (exact) mass is 539 g/mol. The van der Waals surface area contributed by atoms with Crippen LogP contribution in [0.15, 0.2) is 146 Å². The minimum Gasteiger partial charge on any atom is -0.376 e. The molecule has 0 saturated carbocycles. The Morgan fingerprint density at radius 2 is 1.14 bits per heavy atom. The molecule has 0 saturated heterocycles. The minimum atomic E-state index is 0.0700. The Morgan fingerprint density at radius 3 is 1.81 bits per heavy atom. The molecule has 42 heavy (non-hydrogen) atoms. The van der Waals surface area contributed by atoms with Gasteiger partial charge in [-0.05, 0) is 58.5 Å². The van der Waals surface area contributed by atoms with E-state index in [1.165, 1.54) is 55.9 Å². The predicted octanol–water partition coefficient (Wildman–Crippen LogP) is 6.53. The molecule has 0 fully saturated rings. The summed E-state index contributed by atoms with van der Waals surface area (Å²) < 4.78 is 2.08. The average molecular weight is 539 g/mol. The molecule has 0 bridgehead atoms. The van der Waals surface area contributed by atoms with Gasteiger partial charge in [0.2, 0.25) is 0 Å². The predicted molar refractivity (Wildman–Crippen MR) is 173 cm³/mol. The lowest BCUT2D eigenvalue weighted by atomic mass is 9.43. The van der Waals surface area contributed by atoms with Gasteiger partial charge in [0.05, 0.1) is 13.0 Å². The Labute approximate surface area is 245 Å². The number of nitrogens with zero attached hydrogens (tertiary/aromatic N) is 5. The zero-order valence-corrected chi connectivity index (χ0v) is 22.9.